The van der Waals surface area contributed by atoms with Crippen LogP contribution in [-0.2, 0) is 6.18 Å². The summed E-state index contributed by atoms with van der Waals surface area (Å²) in [5, 5.41) is 12.2. The summed E-state index contributed by atoms with van der Waals surface area (Å²) in [7, 11) is 0. The van der Waals surface area contributed by atoms with E-state index in [0.717, 1.165) is 18.9 Å². The quantitative estimate of drug-likeness (QED) is 0.894. The smallest absolute Gasteiger partial charge is 0.391 e. The molecule has 0 spiro atoms. The molecule has 18 heavy (non-hydrogen) atoms. The van der Waals surface area contributed by atoms with Gasteiger partial charge in [-0.05, 0) is 40.8 Å². The lowest BCUT2D eigenvalue weighted by atomic mass is 10.2. The van der Waals surface area contributed by atoms with E-state index in [1.807, 2.05) is 0 Å². The predicted molar refractivity (Wildman–Crippen MR) is 64.2 cm³/mol. The van der Waals surface area contributed by atoms with Gasteiger partial charge < -0.3 is 10.4 Å². The van der Waals surface area contributed by atoms with Crippen molar-refractivity contribution in [2.24, 2.45) is 5.92 Å². The van der Waals surface area contributed by atoms with Crippen molar-refractivity contribution in [2.75, 3.05) is 11.9 Å². The van der Waals surface area contributed by atoms with Crippen LogP contribution in [0.2, 0.25) is 0 Å². The fourth-order valence-corrected chi connectivity index (χ4v) is 1.98. The number of aliphatic hydroxyl groups excluding tert-OH is 1. The molecule has 0 aliphatic heterocycles. The zero-order chi connectivity index (χ0) is 13.3. The lowest BCUT2D eigenvalue weighted by Gasteiger charge is -2.16. The molecular formula is C11H12BrF3N2O. The highest BCUT2D eigenvalue weighted by molar-refractivity contribution is 9.10. The van der Waals surface area contributed by atoms with Gasteiger partial charge in [0.25, 0.3) is 0 Å². The van der Waals surface area contributed by atoms with Gasteiger partial charge in [0.1, 0.15) is 5.82 Å². The Morgan fingerprint density at radius 1 is 1.50 bits per heavy atom. The van der Waals surface area contributed by atoms with E-state index in [-0.39, 0.29) is 22.8 Å². The van der Waals surface area contributed by atoms with Crippen molar-refractivity contribution >= 4 is 21.7 Å². The van der Waals surface area contributed by atoms with Crippen LogP contribution in [0.25, 0.3) is 0 Å². The van der Waals surface area contributed by atoms with Gasteiger partial charge in [-0.2, -0.15) is 13.2 Å². The van der Waals surface area contributed by atoms with E-state index in [1.165, 1.54) is 6.20 Å². The van der Waals surface area contributed by atoms with E-state index in [1.54, 1.807) is 0 Å². The van der Waals surface area contributed by atoms with Gasteiger partial charge in [0.05, 0.1) is 11.7 Å². The largest absolute Gasteiger partial charge is 0.419 e. The van der Waals surface area contributed by atoms with Crippen LogP contribution in [0, 0.1) is 5.92 Å². The molecule has 2 N–H and O–H groups in total. The summed E-state index contributed by atoms with van der Waals surface area (Å²) in [6.07, 6.45) is -1.92. The second kappa shape index (κ2) is 5.05. The topological polar surface area (TPSA) is 45.1 Å². The molecule has 1 unspecified atom stereocenters. The van der Waals surface area contributed by atoms with Gasteiger partial charge >= 0.3 is 6.18 Å². The molecule has 0 radical (unpaired) electrons. The third kappa shape index (κ3) is 3.35. The van der Waals surface area contributed by atoms with Crippen molar-refractivity contribution in [2.45, 2.75) is 25.1 Å². The van der Waals surface area contributed by atoms with E-state index in [9.17, 15) is 18.3 Å². The molecule has 1 heterocycles. The molecule has 0 amide bonds. The van der Waals surface area contributed by atoms with Gasteiger partial charge in [0.15, 0.2) is 0 Å². The molecule has 7 heteroatoms. The Labute approximate surface area is 111 Å². The molecule has 100 valence electrons. The first-order valence-electron chi connectivity index (χ1n) is 5.52. The van der Waals surface area contributed by atoms with Crippen LogP contribution in [-0.4, -0.2) is 22.7 Å². The molecule has 1 aliphatic rings. The summed E-state index contributed by atoms with van der Waals surface area (Å²) < 4.78 is 38.5. The van der Waals surface area contributed by atoms with E-state index in [2.05, 4.69) is 26.2 Å². The number of aliphatic hydroxyl groups is 1. The van der Waals surface area contributed by atoms with Crippen molar-refractivity contribution in [1.29, 1.82) is 0 Å². The standard InChI is InChI=1S/C11H12BrF3N2O/c12-7-3-8(11(13,14)15)10(16-4-7)17-5-9(18)6-1-2-6/h3-4,6,9,18H,1-2,5H2,(H,16,17). The minimum absolute atomic E-state index is 0.0857. The van der Waals surface area contributed by atoms with Crippen LogP contribution in [0.3, 0.4) is 0 Å². The lowest BCUT2D eigenvalue weighted by Crippen LogP contribution is -2.23. The van der Waals surface area contributed by atoms with Gasteiger partial charge in [-0.3, -0.25) is 0 Å². The Morgan fingerprint density at radius 2 is 2.17 bits per heavy atom. The fraction of sp³-hybridized carbons (Fsp3) is 0.545. The summed E-state index contributed by atoms with van der Waals surface area (Å²) in [5.41, 5.74) is -0.833. The molecule has 0 saturated heterocycles. The monoisotopic (exact) mass is 324 g/mol. The summed E-state index contributed by atoms with van der Waals surface area (Å²) in [6, 6.07) is 0.971. The lowest BCUT2D eigenvalue weighted by molar-refractivity contribution is -0.137. The molecular weight excluding hydrogens is 313 g/mol. The Kier molecular flexibility index (Phi) is 3.82. The Hall–Kier alpha value is -0.820. The first-order valence-corrected chi connectivity index (χ1v) is 6.32. The minimum atomic E-state index is -4.47. The van der Waals surface area contributed by atoms with Crippen molar-refractivity contribution < 1.29 is 18.3 Å². The van der Waals surface area contributed by atoms with Gasteiger partial charge in [-0.1, -0.05) is 0 Å². The van der Waals surface area contributed by atoms with E-state index in [4.69, 9.17) is 0 Å². The second-order valence-electron chi connectivity index (χ2n) is 4.33. The predicted octanol–water partition coefficient (Wildman–Crippen LogP) is 3.05. The molecule has 2 rings (SSSR count). The molecule has 0 bridgehead atoms. The molecule has 3 nitrogen and oxygen atoms in total. The first kappa shape index (κ1) is 13.6. The molecule has 1 saturated carbocycles. The van der Waals surface area contributed by atoms with Gasteiger partial charge in [0.2, 0.25) is 0 Å². The first-order chi connectivity index (χ1) is 8.38. The minimum Gasteiger partial charge on any atom is -0.391 e. The van der Waals surface area contributed by atoms with Crippen LogP contribution in [0.5, 0.6) is 0 Å². The number of rotatable bonds is 4. The maximum atomic E-state index is 12.8. The summed E-state index contributed by atoms with van der Waals surface area (Å²) >= 11 is 2.96. The summed E-state index contributed by atoms with van der Waals surface area (Å²) in [6.45, 7) is 0.0857. The van der Waals surface area contributed by atoms with Crippen molar-refractivity contribution in [1.82, 2.24) is 4.98 Å². The maximum absolute atomic E-state index is 12.8. The van der Waals surface area contributed by atoms with Crippen LogP contribution >= 0.6 is 15.9 Å². The van der Waals surface area contributed by atoms with Crippen molar-refractivity contribution in [3.63, 3.8) is 0 Å². The Balaban J connectivity index is 2.11. The maximum Gasteiger partial charge on any atom is 0.419 e. The highest BCUT2D eigenvalue weighted by Gasteiger charge is 2.35. The molecule has 1 fully saturated rings. The molecule has 0 aromatic carbocycles. The number of nitrogens with one attached hydrogen (secondary N) is 1. The number of hydrogen-bond donors (Lipinski definition) is 2. The number of pyridine rings is 1. The number of anilines is 1. The average molecular weight is 325 g/mol. The number of nitrogens with zero attached hydrogens (tertiary/aromatic N) is 1. The van der Waals surface area contributed by atoms with Crippen LogP contribution in [0.4, 0.5) is 19.0 Å². The Morgan fingerprint density at radius 3 is 2.72 bits per heavy atom. The molecule has 1 aromatic rings. The summed E-state index contributed by atoms with van der Waals surface area (Å²) in [4.78, 5) is 3.71. The van der Waals surface area contributed by atoms with E-state index >= 15 is 0 Å². The van der Waals surface area contributed by atoms with Crippen molar-refractivity contribution in [3.05, 3.63) is 22.3 Å². The average Bonchev–Trinajstić information content (AvgIpc) is 3.09. The number of aromatic nitrogens is 1. The van der Waals surface area contributed by atoms with Crippen molar-refractivity contribution in [3.8, 4) is 0 Å². The van der Waals surface area contributed by atoms with Crippen LogP contribution in [0.15, 0.2) is 16.7 Å². The van der Waals surface area contributed by atoms with E-state index < -0.39 is 17.8 Å². The van der Waals surface area contributed by atoms with E-state index in [0.29, 0.717) is 0 Å². The van der Waals surface area contributed by atoms with Crippen LogP contribution < -0.4 is 5.32 Å². The molecule has 1 aliphatic carbocycles. The van der Waals surface area contributed by atoms with Gasteiger partial charge in [-0.25, -0.2) is 4.98 Å². The highest BCUT2D eigenvalue weighted by atomic mass is 79.9. The highest BCUT2D eigenvalue weighted by Crippen LogP contribution is 2.36. The number of hydrogen-bond acceptors (Lipinski definition) is 3. The second-order valence-corrected chi connectivity index (χ2v) is 5.25. The third-order valence-corrected chi connectivity index (χ3v) is 3.24. The SMILES string of the molecule is OC(CNc1ncc(Br)cc1C(F)(F)F)C1CC1. The fourth-order valence-electron chi connectivity index (χ4n) is 1.65. The van der Waals surface area contributed by atoms with Gasteiger partial charge in [0, 0.05) is 17.2 Å². The summed E-state index contributed by atoms with van der Waals surface area (Å²) in [5.74, 6) is -0.0346. The number of halogens is 4. The zero-order valence-corrected chi connectivity index (χ0v) is 10.9. The van der Waals surface area contributed by atoms with Gasteiger partial charge in [-0.15, -0.1) is 0 Å². The third-order valence-electron chi connectivity index (χ3n) is 2.80. The normalized spacial score (nSPS) is 17.6. The molecule has 1 aromatic heterocycles. The molecule has 1 atom stereocenters. The number of alkyl halides is 3. The Bertz CT molecular complexity index is 435. The van der Waals surface area contributed by atoms with Crippen LogP contribution in [0.1, 0.15) is 18.4 Å². The zero-order valence-electron chi connectivity index (χ0n) is 9.34.